The molecule has 1 aliphatic carbocycles. The molecular weight excluding hydrogens is 166 g/mol. The maximum absolute atomic E-state index is 10.1. The van der Waals surface area contributed by atoms with Gasteiger partial charge in [-0.3, -0.25) is 0 Å². The van der Waals surface area contributed by atoms with Crippen LogP contribution in [0.2, 0.25) is 0 Å². The van der Waals surface area contributed by atoms with Crippen molar-refractivity contribution in [2.75, 3.05) is 0 Å². The van der Waals surface area contributed by atoms with Crippen molar-refractivity contribution in [1.29, 1.82) is 0 Å². The molecule has 2 aliphatic rings. The van der Waals surface area contributed by atoms with Gasteiger partial charge >= 0.3 is 0 Å². The van der Waals surface area contributed by atoms with E-state index in [-0.39, 0.29) is 5.54 Å². The summed E-state index contributed by atoms with van der Waals surface area (Å²) in [6.45, 7) is 4.23. The van der Waals surface area contributed by atoms with Gasteiger partial charge in [0.15, 0.2) is 11.7 Å². The molecular formula is C9H17N3O. The molecule has 2 bridgehead atoms. The van der Waals surface area contributed by atoms with Crippen LogP contribution in [0.25, 0.3) is 0 Å². The summed E-state index contributed by atoms with van der Waals surface area (Å²) in [5.74, 6) is 0.872. The zero-order valence-corrected chi connectivity index (χ0v) is 8.17. The molecule has 0 aromatic rings. The van der Waals surface area contributed by atoms with Crippen LogP contribution in [0.5, 0.6) is 0 Å². The van der Waals surface area contributed by atoms with E-state index in [1.165, 1.54) is 0 Å². The van der Waals surface area contributed by atoms with Gasteiger partial charge in [0.1, 0.15) is 0 Å². The lowest BCUT2D eigenvalue weighted by molar-refractivity contribution is -0.0444. The van der Waals surface area contributed by atoms with E-state index in [9.17, 15) is 5.11 Å². The topological polar surface area (TPSA) is 70.6 Å². The number of guanidine groups is 1. The Morgan fingerprint density at radius 2 is 2.31 bits per heavy atom. The Morgan fingerprint density at radius 3 is 2.92 bits per heavy atom. The van der Waals surface area contributed by atoms with Crippen molar-refractivity contribution in [2.24, 2.45) is 16.6 Å². The van der Waals surface area contributed by atoms with Crippen LogP contribution in [0.3, 0.4) is 0 Å². The average Bonchev–Trinajstić information content (AvgIpc) is 1.75. The minimum Gasteiger partial charge on any atom is -0.370 e. The third-order valence-corrected chi connectivity index (χ3v) is 2.91. The number of aliphatic imine (C=N–C) groups is 1. The number of fused-ring (bicyclic) bond motifs is 2. The third kappa shape index (κ3) is 1.50. The van der Waals surface area contributed by atoms with Gasteiger partial charge in [0, 0.05) is 12.0 Å². The highest BCUT2D eigenvalue weighted by Gasteiger charge is 2.47. The predicted molar refractivity (Wildman–Crippen MR) is 51.1 cm³/mol. The van der Waals surface area contributed by atoms with Gasteiger partial charge in [-0.25, -0.2) is 4.99 Å². The molecule has 0 saturated heterocycles. The fourth-order valence-electron chi connectivity index (χ4n) is 2.91. The lowest BCUT2D eigenvalue weighted by atomic mass is 9.72. The van der Waals surface area contributed by atoms with Crippen molar-refractivity contribution in [3.05, 3.63) is 0 Å². The fraction of sp³-hybridized carbons (Fsp3) is 0.889. The summed E-state index contributed by atoms with van der Waals surface area (Å²) < 4.78 is 0. The van der Waals surface area contributed by atoms with Crippen molar-refractivity contribution >= 4 is 5.96 Å². The Hall–Kier alpha value is -0.770. The van der Waals surface area contributed by atoms with E-state index >= 15 is 0 Å². The number of hydrogen-bond acceptors (Lipinski definition) is 4. The van der Waals surface area contributed by atoms with E-state index in [2.05, 4.69) is 24.2 Å². The molecule has 0 spiro atoms. The molecule has 0 amide bonds. The van der Waals surface area contributed by atoms with Gasteiger partial charge in [0.25, 0.3) is 0 Å². The van der Waals surface area contributed by atoms with Crippen LogP contribution in [0.1, 0.15) is 33.1 Å². The van der Waals surface area contributed by atoms with Crippen LogP contribution in [-0.4, -0.2) is 22.3 Å². The Morgan fingerprint density at radius 1 is 1.62 bits per heavy atom. The van der Waals surface area contributed by atoms with E-state index in [1.807, 2.05) is 0 Å². The SMILES string of the molecule is CC1CC2(O)CC(C)(C1)NC(N)=N2. The van der Waals surface area contributed by atoms with Crippen LogP contribution in [-0.2, 0) is 0 Å². The zero-order chi connectivity index (χ0) is 9.69. The smallest absolute Gasteiger partial charge is 0.191 e. The van der Waals surface area contributed by atoms with Gasteiger partial charge in [-0.2, -0.15) is 0 Å². The molecule has 2 rings (SSSR count). The molecule has 4 heteroatoms. The number of nitrogens with two attached hydrogens (primary N) is 1. The van der Waals surface area contributed by atoms with Crippen molar-refractivity contribution in [2.45, 2.75) is 44.4 Å². The highest BCUT2D eigenvalue weighted by atomic mass is 16.3. The maximum Gasteiger partial charge on any atom is 0.191 e. The van der Waals surface area contributed by atoms with Crippen LogP contribution < -0.4 is 11.1 Å². The standard InChI is InChI=1S/C9H17N3O/c1-6-3-8(2)5-9(13,4-6)12-7(10)11-8/h6,13H,3-5H2,1-2H3,(H3,10,11,12). The van der Waals surface area contributed by atoms with Crippen molar-refractivity contribution in [3.63, 3.8) is 0 Å². The molecule has 1 aliphatic heterocycles. The molecule has 4 N–H and O–H groups in total. The van der Waals surface area contributed by atoms with Gasteiger partial charge in [-0.1, -0.05) is 6.92 Å². The first-order valence-electron chi connectivity index (χ1n) is 4.77. The molecule has 0 aromatic heterocycles. The van der Waals surface area contributed by atoms with Gasteiger partial charge in [-0.15, -0.1) is 0 Å². The summed E-state index contributed by atoms with van der Waals surface area (Å²) in [5, 5.41) is 13.2. The quantitative estimate of drug-likeness (QED) is 0.501. The Bertz CT molecular complexity index is 266. The van der Waals surface area contributed by atoms with Crippen molar-refractivity contribution in [1.82, 2.24) is 5.32 Å². The van der Waals surface area contributed by atoms with E-state index in [1.54, 1.807) is 0 Å². The van der Waals surface area contributed by atoms with Gasteiger partial charge < -0.3 is 16.2 Å². The second kappa shape index (κ2) is 2.38. The molecule has 0 radical (unpaired) electrons. The number of aliphatic hydroxyl groups is 1. The van der Waals surface area contributed by atoms with E-state index in [0.717, 1.165) is 12.8 Å². The number of rotatable bonds is 0. The van der Waals surface area contributed by atoms with E-state index < -0.39 is 5.72 Å². The first-order valence-corrected chi connectivity index (χ1v) is 4.77. The summed E-state index contributed by atoms with van der Waals surface area (Å²) in [4.78, 5) is 4.07. The molecule has 0 aromatic carbocycles. The summed E-state index contributed by atoms with van der Waals surface area (Å²) in [5.41, 5.74) is 4.63. The summed E-state index contributed by atoms with van der Waals surface area (Å²) in [6.07, 6.45) is 2.45. The summed E-state index contributed by atoms with van der Waals surface area (Å²) >= 11 is 0. The molecule has 13 heavy (non-hydrogen) atoms. The molecule has 1 fully saturated rings. The summed E-state index contributed by atoms with van der Waals surface area (Å²) in [6, 6.07) is 0. The van der Waals surface area contributed by atoms with Crippen molar-refractivity contribution in [3.8, 4) is 0 Å². The van der Waals surface area contributed by atoms with Crippen LogP contribution in [0, 0.1) is 5.92 Å². The van der Waals surface area contributed by atoms with Crippen molar-refractivity contribution < 1.29 is 5.11 Å². The lowest BCUT2D eigenvalue weighted by Crippen LogP contribution is -2.62. The molecule has 1 saturated carbocycles. The monoisotopic (exact) mass is 183 g/mol. The minimum absolute atomic E-state index is 0.0712. The van der Waals surface area contributed by atoms with Gasteiger partial charge in [-0.05, 0) is 25.7 Å². The molecule has 3 unspecified atom stereocenters. The number of hydrogen-bond donors (Lipinski definition) is 3. The van der Waals surface area contributed by atoms with Gasteiger partial charge in [0.05, 0.1) is 0 Å². The Kier molecular flexibility index (Phi) is 1.61. The first kappa shape index (κ1) is 8.81. The van der Waals surface area contributed by atoms with Crippen LogP contribution >= 0.6 is 0 Å². The normalized spacial score (nSPS) is 49.5. The van der Waals surface area contributed by atoms with Crippen LogP contribution in [0.15, 0.2) is 4.99 Å². The highest BCUT2D eigenvalue weighted by molar-refractivity contribution is 5.80. The lowest BCUT2D eigenvalue weighted by Gasteiger charge is -2.48. The second-order valence-corrected chi connectivity index (χ2v) is 4.86. The zero-order valence-electron chi connectivity index (χ0n) is 8.17. The highest BCUT2D eigenvalue weighted by Crippen LogP contribution is 2.41. The largest absolute Gasteiger partial charge is 0.370 e. The maximum atomic E-state index is 10.1. The average molecular weight is 183 g/mol. The third-order valence-electron chi connectivity index (χ3n) is 2.91. The molecule has 74 valence electrons. The minimum atomic E-state index is -0.915. The second-order valence-electron chi connectivity index (χ2n) is 4.86. The number of nitrogens with one attached hydrogen (secondary N) is 1. The molecule has 3 atom stereocenters. The van der Waals surface area contributed by atoms with E-state index in [0.29, 0.717) is 18.3 Å². The van der Waals surface area contributed by atoms with Gasteiger partial charge in [0.2, 0.25) is 0 Å². The summed E-state index contributed by atoms with van der Waals surface area (Å²) in [7, 11) is 0. The Labute approximate surface area is 78.2 Å². The number of nitrogens with zero attached hydrogens (tertiary/aromatic N) is 1. The molecule has 1 heterocycles. The van der Waals surface area contributed by atoms with Crippen LogP contribution in [0.4, 0.5) is 0 Å². The molecule has 4 nitrogen and oxygen atoms in total. The first-order chi connectivity index (χ1) is 5.91. The fourth-order valence-corrected chi connectivity index (χ4v) is 2.91. The predicted octanol–water partition coefficient (Wildman–Crippen LogP) is 0.172. The Balaban J connectivity index is 2.34. The van der Waals surface area contributed by atoms with E-state index in [4.69, 9.17) is 5.73 Å².